The van der Waals surface area contributed by atoms with Gasteiger partial charge in [-0.05, 0) is 37.1 Å². The topological polar surface area (TPSA) is 41.1 Å². The van der Waals surface area contributed by atoms with Crippen molar-refractivity contribution in [1.29, 1.82) is 0 Å². The summed E-state index contributed by atoms with van der Waals surface area (Å²) in [6.45, 7) is 6.01. The highest BCUT2D eigenvalue weighted by atomic mass is 16.1. The number of nitrogens with one attached hydrogen (secondary N) is 2. The minimum absolute atomic E-state index is 0.0214. The van der Waals surface area contributed by atoms with E-state index in [9.17, 15) is 4.79 Å². The molecule has 0 radical (unpaired) electrons. The molecule has 2 N–H and O–H groups in total. The van der Waals surface area contributed by atoms with E-state index in [2.05, 4.69) is 24.5 Å². The number of benzene rings is 1. The maximum absolute atomic E-state index is 11.8. The van der Waals surface area contributed by atoms with Gasteiger partial charge in [-0.2, -0.15) is 0 Å². The molecule has 0 spiro atoms. The standard InChI is InChI=1S/C15H24N2O/c1-3-5-6-12-17-15(18)13-7-9-14(10-8-13)16-11-4-2/h7-10,16H,3-6,11-12H2,1-2H3,(H,17,18). The van der Waals surface area contributed by atoms with Crippen LogP contribution in [-0.2, 0) is 0 Å². The fourth-order valence-electron chi connectivity index (χ4n) is 1.69. The van der Waals surface area contributed by atoms with Crippen molar-refractivity contribution in [3.8, 4) is 0 Å². The van der Waals surface area contributed by atoms with Gasteiger partial charge in [0.05, 0.1) is 0 Å². The Labute approximate surface area is 110 Å². The molecule has 0 saturated heterocycles. The molecule has 100 valence electrons. The van der Waals surface area contributed by atoms with Crippen molar-refractivity contribution in [2.45, 2.75) is 39.5 Å². The molecule has 1 rings (SSSR count). The maximum Gasteiger partial charge on any atom is 0.251 e. The normalized spacial score (nSPS) is 10.1. The molecule has 1 aromatic rings. The Kier molecular flexibility index (Phi) is 6.92. The second-order valence-corrected chi connectivity index (χ2v) is 4.47. The highest BCUT2D eigenvalue weighted by Crippen LogP contribution is 2.09. The molecule has 0 aliphatic carbocycles. The third-order valence-corrected chi connectivity index (χ3v) is 2.79. The van der Waals surface area contributed by atoms with Gasteiger partial charge in [0, 0.05) is 24.3 Å². The molecule has 3 nitrogen and oxygen atoms in total. The van der Waals surface area contributed by atoms with Crippen molar-refractivity contribution in [2.24, 2.45) is 0 Å². The van der Waals surface area contributed by atoms with E-state index >= 15 is 0 Å². The molecule has 0 atom stereocenters. The first kappa shape index (κ1) is 14.6. The lowest BCUT2D eigenvalue weighted by molar-refractivity contribution is 0.0953. The second kappa shape index (κ2) is 8.56. The zero-order valence-electron chi connectivity index (χ0n) is 11.5. The van der Waals surface area contributed by atoms with Crippen LogP contribution in [0.4, 0.5) is 5.69 Å². The van der Waals surface area contributed by atoms with Crippen LogP contribution in [0.2, 0.25) is 0 Å². The summed E-state index contributed by atoms with van der Waals surface area (Å²) in [5, 5.41) is 6.23. The number of hydrogen-bond donors (Lipinski definition) is 2. The molecule has 1 amide bonds. The van der Waals surface area contributed by atoms with E-state index in [0.717, 1.165) is 37.2 Å². The van der Waals surface area contributed by atoms with Crippen LogP contribution in [0.5, 0.6) is 0 Å². The van der Waals surface area contributed by atoms with Crippen LogP contribution in [0.1, 0.15) is 49.9 Å². The first-order valence-electron chi connectivity index (χ1n) is 6.90. The van der Waals surface area contributed by atoms with Gasteiger partial charge in [0.25, 0.3) is 5.91 Å². The highest BCUT2D eigenvalue weighted by Gasteiger charge is 2.03. The SMILES string of the molecule is CCCCCNC(=O)c1ccc(NCCC)cc1. The van der Waals surface area contributed by atoms with E-state index in [4.69, 9.17) is 0 Å². The molecule has 0 aliphatic rings. The Balaban J connectivity index is 2.38. The number of unbranched alkanes of at least 4 members (excludes halogenated alkanes) is 2. The molecule has 1 aromatic carbocycles. The van der Waals surface area contributed by atoms with Gasteiger partial charge in [-0.15, -0.1) is 0 Å². The van der Waals surface area contributed by atoms with E-state index in [-0.39, 0.29) is 5.91 Å². The zero-order valence-corrected chi connectivity index (χ0v) is 11.5. The molecule has 0 bridgehead atoms. The molecule has 0 aromatic heterocycles. The Morgan fingerprint density at radius 3 is 2.33 bits per heavy atom. The third kappa shape index (κ3) is 5.21. The number of rotatable bonds is 8. The summed E-state index contributed by atoms with van der Waals surface area (Å²) in [6.07, 6.45) is 4.49. The predicted molar refractivity (Wildman–Crippen MR) is 77.1 cm³/mol. The van der Waals surface area contributed by atoms with Gasteiger partial charge in [-0.1, -0.05) is 26.7 Å². The molecule has 3 heteroatoms. The quantitative estimate of drug-likeness (QED) is 0.692. The summed E-state index contributed by atoms with van der Waals surface area (Å²) < 4.78 is 0. The van der Waals surface area contributed by atoms with Gasteiger partial charge in [0.1, 0.15) is 0 Å². The lowest BCUT2D eigenvalue weighted by atomic mass is 10.2. The van der Waals surface area contributed by atoms with Gasteiger partial charge in [-0.3, -0.25) is 4.79 Å². The minimum atomic E-state index is 0.0214. The molecule has 0 heterocycles. The number of anilines is 1. The average Bonchev–Trinajstić information content (AvgIpc) is 2.41. The molecular formula is C15H24N2O. The van der Waals surface area contributed by atoms with Crippen LogP contribution in [0.3, 0.4) is 0 Å². The molecular weight excluding hydrogens is 224 g/mol. The Morgan fingerprint density at radius 1 is 1.00 bits per heavy atom. The van der Waals surface area contributed by atoms with Crippen LogP contribution in [-0.4, -0.2) is 19.0 Å². The molecule has 18 heavy (non-hydrogen) atoms. The molecule has 0 saturated carbocycles. The maximum atomic E-state index is 11.8. The van der Waals surface area contributed by atoms with Crippen molar-refractivity contribution in [2.75, 3.05) is 18.4 Å². The zero-order chi connectivity index (χ0) is 13.2. The van der Waals surface area contributed by atoms with Crippen molar-refractivity contribution >= 4 is 11.6 Å². The monoisotopic (exact) mass is 248 g/mol. The van der Waals surface area contributed by atoms with Crippen LogP contribution in [0.15, 0.2) is 24.3 Å². The summed E-state index contributed by atoms with van der Waals surface area (Å²) in [4.78, 5) is 11.8. The van der Waals surface area contributed by atoms with Gasteiger partial charge >= 0.3 is 0 Å². The van der Waals surface area contributed by atoms with Gasteiger partial charge in [0.15, 0.2) is 0 Å². The van der Waals surface area contributed by atoms with E-state index in [0.29, 0.717) is 0 Å². The van der Waals surface area contributed by atoms with Crippen molar-refractivity contribution < 1.29 is 4.79 Å². The van der Waals surface area contributed by atoms with E-state index in [1.165, 1.54) is 12.8 Å². The average molecular weight is 248 g/mol. The summed E-state index contributed by atoms with van der Waals surface area (Å²) in [5.74, 6) is 0.0214. The molecule has 0 unspecified atom stereocenters. The lowest BCUT2D eigenvalue weighted by Crippen LogP contribution is -2.24. The van der Waals surface area contributed by atoms with E-state index in [1.54, 1.807) is 0 Å². The highest BCUT2D eigenvalue weighted by molar-refractivity contribution is 5.94. The fourth-order valence-corrected chi connectivity index (χ4v) is 1.69. The summed E-state index contributed by atoms with van der Waals surface area (Å²) in [7, 11) is 0. The number of carbonyl (C=O) groups excluding carboxylic acids is 1. The van der Waals surface area contributed by atoms with Gasteiger partial charge < -0.3 is 10.6 Å². The summed E-state index contributed by atoms with van der Waals surface area (Å²) in [6, 6.07) is 7.65. The van der Waals surface area contributed by atoms with Crippen LogP contribution in [0.25, 0.3) is 0 Å². The number of amides is 1. The Hall–Kier alpha value is -1.51. The van der Waals surface area contributed by atoms with Crippen molar-refractivity contribution in [3.63, 3.8) is 0 Å². The lowest BCUT2D eigenvalue weighted by Gasteiger charge is -2.07. The van der Waals surface area contributed by atoms with Gasteiger partial charge in [0.2, 0.25) is 0 Å². The summed E-state index contributed by atoms with van der Waals surface area (Å²) >= 11 is 0. The second-order valence-electron chi connectivity index (χ2n) is 4.47. The third-order valence-electron chi connectivity index (χ3n) is 2.79. The number of carbonyl (C=O) groups is 1. The van der Waals surface area contributed by atoms with Crippen LogP contribution in [0, 0.1) is 0 Å². The Bertz CT molecular complexity index is 346. The van der Waals surface area contributed by atoms with E-state index < -0.39 is 0 Å². The van der Waals surface area contributed by atoms with E-state index in [1.807, 2.05) is 24.3 Å². The van der Waals surface area contributed by atoms with Crippen molar-refractivity contribution in [3.05, 3.63) is 29.8 Å². The minimum Gasteiger partial charge on any atom is -0.385 e. The van der Waals surface area contributed by atoms with Gasteiger partial charge in [-0.25, -0.2) is 0 Å². The first-order valence-corrected chi connectivity index (χ1v) is 6.90. The first-order chi connectivity index (χ1) is 8.77. The van der Waals surface area contributed by atoms with Crippen LogP contribution < -0.4 is 10.6 Å². The smallest absolute Gasteiger partial charge is 0.251 e. The van der Waals surface area contributed by atoms with Crippen molar-refractivity contribution in [1.82, 2.24) is 5.32 Å². The molecule has 0 aliphatic heterocycles. The fraction of sp³-hybridized carbons (Fsp3) is 0.533. The Morgan fingerprint density at radius 2 is 1.72 bits per heavy atom. The summed E-state index contributed by atoms with van der Waals surface area (Å²) in [5.41, 5.74) is 1.80. The number of hydrogen-bond acceptors (Lipinski definition) is 2. The molecule has 0 fully saturated rings. The largest absolute Gasteiger partial charge is 0.385 e. The van der Waals surface area contributed by atoms with Crippen LogP contribution >= 0.6 is 0 Å². The predicted octanol–water partition coefficient (Wildman–Crippen LogP) is 3.43.